The molecule has 2 unspecified atom stereocenters. The van der Waals surface area contributed by atoms with Crippen LogP contribution in [0.3, 0.4) is 0 Å². The predicted octanol–water partition coefficient (Wildman–Crippen LogP) is 9.29. The van der Waals surface area contributed by atoms with Crippen LogP contribution < -0.4 is 0 Å². The minimum atomic E-state index is -0.440. The Morgan fingerprint density at radius 1 is 0.909 bits per heavy atom. The highest BCUT2D eigenvalue weighted by molar-refractivity contribution is 9.09. The minimum absolute atomic E-state index is 0.107. The SMILES string of the molecule is CCC1c2cc3[nH]c(cc4nc(cc5[nH]c(cc(n2)C1(C)CC(=O)N(C)C)c(C)c5CCCBr)C(CCCBr)=C4C)cc3C. The molecule has 8 heteroatoms. The molecular formula is C36H45Br2N5O. The van der Waals surface area contributed by atoms with Crippen molar-refractivity contribution < 1.29 is 4.79 Å². The number of aromatic nitrogens is 4. The van der Waals surface area contributed by atoms with Crippen LogP contribution in [0, 0.1) is 13.8 Å². The molecule has 3 aromatic rings. The van der Waals surface area contributed by atoms with E-state index in [1.807, 2.05) is 14.1 Å². The summed E-state index contributed by atoms with van der Waals surface area (Å²) in [6.07, 6.45) is 5.30. The third-order valence-electron chi connectivity index (χ3n) is 9.57. The molecule has 1 amide bonds. The van der Waals surface area contributed by atoms with Gasteiger partial charge in [0.25, 0.3) is 0 Å². The molecule has 2 aliphatic heterocycles. The van der Waals surface area contributed by atoms with Crippen LogP contribution in [-0.4, -0.2) is 55.5 Å². The molecule has 2 atom stereocenters. The van der Waals surface area contributed by atoms with Gasteiger partial charge in [-0.3, -0.25) is 9.78 Å². The van der Waals surface area contributed by atoms with E-state index < -0.39 is 5.41 Å². The number of nitrogens with one attached hydrogen (secondary N) is 2. The zero-order valence-corrected chi connectivity index (χ0v) is 30.3. The zero-order valence-electron chi connectivity index (χ0n) is 27.1. The first kappa shape index (κ1) is 32.7. The van der Waals surface area contributed by atoms with Crippen LogP contribution in [0.2, 0.25) is 0 Å². The molecule has 0 saturated carbocycles. The number of rotatable bonds is 9. The van der Waals surface area contributed by atoms with Crippen LogP contribution in [0.1, 0.15) is 98.3 Å². The highest BCUT2D eigenvalue weighted by atomic mass is 79.9. The number of alkyl halides is 2. The van der Waals surface area contributed by atoms with Crippen molar-refractivity contribution in [3.8, 4) is 0 Å². The Labute approximate surface area is 278 Å². The Bertz CT molecular complexity index is 1770. The highest BCUT2D eigenvalue weighted by Gasteiger charge is 2.44. The summed E-state index contributed by atoms with van der Waals surface area (Å²) < 4.78 is 0. The van der Waals surface area contributed by atoms with Gasteiger partial charge in [-0.1, -0.05) is 45.7 Å². The lowest BCUT2D eigenvalue weighted by atomic mass is 9.71. The first-order valence-corrected chi connectivity index (χ1v) is 18.0. The molecule has 5 rings (SSSR count). The number of halogens is 2. The third kappa shape index (κ3) is 6.21. The van der Waals surface area contributed by atoms with Crippen LogP contribution in [0.5, 0.6) is 0 Å². The quantitative estimate of drug-likeness (QED) is 0.216. The van der Waals surface area contributed by atoms with Gasteiger partial charge in [0.2, 0.25) is 5.91 Å². The number of nitrogens with zero attached hydrogens (tertiary/aromatic N) is 3. The second-order valence-electron chi connectivity index (χ2n) is 12.8. The van der Waals surface area contributed by atoms with Gasteiger partial charge in [0.1, 0.15) is 0 Å². The zero-order chi connectivity index (χ0) is 31.8. The molecule has 6 nitrogen and oxygen atoms in total. The molecule has 0 fully saturated rings. The molecule has 0 radical (unpaired) electrons. The molecular weight excluding hydrogens is 678 g/mol. The average Bonchev–Trinajstić information content (AvgIpc) is 3.64. The maximum atomic E-state index is 13.3. The number of fused-ring (bicyclic) bond motifs is 8. The van der Waals surface area contributed by atoms with Crippen molar-refractivity contribution in [2.24, 2.45) is 0 Å². The normalized spacial score (nSPS) is 18.2. The minimum Gasteiger partial charge on any atom is -0.355 e. The van der Waals surface area contributed by atoms with Gasteiger partial charge >= 0.3 is 0 Å². The number of hydrogen-bond acceptors (Lipinski definition) is 3. The Kier molecular flexibility index (Phi) is 9.90. The van der Waals surface area contributed by atoms with Crippen LogP contribution in [0.4, 0.5) is 0 Å². The van der Waals surface area contributed by atoms with Crippen LogP contribution in [0.15, 0.2) is 30.3 Å². The fourth-order valence-electron chi connectivity index (χ4n) is 6.88. The van der Waals surface area contributed by atoms with Crippen molar-refractivity contribution in [1.29, 1.82) is 0 Å². The summed E-state index contributed by atoms with van der Waals surface area (Å²) in [5, 5.41) is 1.90. The van der Waals surface area contributed by atoms with Gasteiger partial charge in [0.15, 0.2) is 0 Å². The van der Waals surface area contributed by atoms with Crippen LogP contribution >= 0.6 is 31.9 Å². The van der Waals surface area contributed by atoms with E-state index in [0.717, 1.165) is 93.2 Å². The maximum Gasteiger partial charge on any atom is 0.223 e. The van der Waals surface area contributed by atoms with Crippen molar-refractivity contribution in [3.05, 3.63) is 69.8 Å². The largest absolute Gasteiger partial charge is 0.355 e. The van der Waals surface area contributed by atoms with Crippen LogP contribution in [-0.2, 0) is 16.6 Å². The van der Waals surface area contributed by atoms with E-state index in [1.54, 1.807) is 4.90 Å². The van der Waals surface area contributed by atoms with Gasteiger partial charge in [-0.25, -0.2) is 4.98 Å². The lowest BCUT2D eigenvalue weighted by Gasteiger charge is -2.31. The van der Waals surface area contributed by atoms with Gasteiger partial charge in [-0.2, -0.15) is 0 Å². The Balaban J connectivity index is 1.90. The number of hydrogen-bond donors (Lipinski definition) is 2. The summed E-state index contributed by atoms with van der Waals surface area (Å²) in [6, 6.07) is 11.0. The smallest absolute Gasteiger partial charge is 0.223 e. The van der Waals surface area contributed by atoms with Crippen LogP contribution in [0.25, 0.3) is 33.2 Å². The molecule has 2 aliphatic rings. The average molecular weight is 724 g/mol. The number of carbonyl (C=O) groups is 1. The molecule has 0 aromatic carbocycles. The second kappa shape index (κ2) is 13.3. The Morgan fingerprint density at radius 2 is 1.64 bits per heavy atom. The van der Waals surface area contributed by atoms with Gasteiger partial charge in [-0.15, -0.1) is 0 Å². The van der Waals surface area contributed by atoms with E-state index in [-0.39, 0.29) is 11.8 Å². The van der Waals surface area contributed by atoms with Gasteiger partial charge in [-0.05, 0) is 111 Å². The summed E-state index contributed by atoms with van der Waals surface area (Å²) in [5.74, 6) is 0.224. The van der Waals surface area contributed by atoms with E-state index in [9.17, 15) is 4.79 Å². The van der Waals surface area contributed by atoms with Crippen molar-refractivity contribution in [2.75, 3.05) is 24.8 Å². The molecule has 234 valence electrons. The second-order valence-corrected chi connectivity index (χ2v) is 14.4. The Morgan fingerprint density at radius 3 is 2.32 bits per heavy atom. The van der Waals surface area contributed by atoms with Crippen molar-refractivity contribution in [2.45, 2.75) is 84.5 Å². The monoisotopic (exact) mass is 721 g/mol. The lowest BCUT2D eigenvalue weighted by molar-refractivity contribution is -0.130. The number of amides is 1. The van der Waals surface area contributed by atoms with E-state index in [2.05, 4.69) is 107 Å². The molecule has 2 N–H and O–H groups in total. The van der Waals surface area contributed by atoms with Crippen molar-refractivity contribution in [1.82, 2.24) is 24.8 Å². The van der Waals surface area contributed by atoms with Crippen molar-refractivity contribution in [3.63, 3.8) is 0 Å². The summed E-state index contributed by atoms with van der Waals surface area (Å²) in [5.41, 5.74) is 14.1. The first-order valence-electron chi connectivity index (χ1n) is 15.7. The number of carbonyl (C=O) groups excluding carboxylic acids is 1. The van der Waals surface area contributed by atoms with E-state index in [4.69, 9.17) is 9.97 Å². The molecule has 8 bridgehead atoms. The van der Waals surface area contributed by atoms with E-state index >= 15 is 0 Å². The molecule has 5 heterocycles. The van der Waals surface area contributed by atoms with E-state index in [1.165, 1.54) is 22.3 Å². The number of allylic oxidation sites excluding steroid dienone is 2. The highest BCUT2D eigenvalue weighted by Crippen LogP contribution is 2.47. The molecule has 44 heavy (non-hydrogen) atoms. The Hall–Kier alpha value is -2.71. The topological polar surface area (TPSA) is 77.7 Å². The fraction of sp³-hybridized carbons (Fsp3) is 0.472. The van der Waals surface area contributed by atoms with E-state index in [0.29, 0.717) is 6.42 Å². The summed E-state index contributed by atoms with van der Waals surface area (Å²) in [6.45, 7) is 11.0. The maximum absolute atomic E-state index is 13.3. The number of aromatic amines is 2. The summed E-state index contributed by atoms with van der Waals surface area (Å²) >= 11 is 7.29. The molecule has 0 saturated heterocycles. The number of H-pyrrole nitrogens is 2. The lowest BCUT2D eigenvalue weighted by Crippen LogP contribution is -2.34. The fourth-order valence-corrected chi connectivity index (χ4v) is 7.44. The molecule has 0 aliphatic carbocycles. The summed E-state index contributed by atoms with van der Waals surface area (Å²) in [7, 11) is 3.68. The van der Waals surface area contributed by atoms with Gasteiger partial charge < -0.3 is 14.9 Å². The standard InChI is InChI=1S/C36H45Br2N5O/c1-8-27-33-17-28-21(2)15-24(39-28)16-29-22(3)25(11-9-13-37)31(40-29)18-32-26(12-10-14-38)23(4)30(41-32)19-34(42-33)36(27,5)20-35(44)43(6)7/h15-19,27,39,41H,8-14,20H2,1-7H3. The van der Waals surface area contributed by atoms with Gasteiger partial charge in [0.05, 0.1) is 11.4 Å². The van der Waals surface area contributed by atoms with Gasteiger partial charge in [0, 0.05) is 76.0 Å². The number of aryl methyl sites for hydroxylation is 3. The first-order chi connectivity index (χ1) is 21.0. The predicted molar refractivity (Wildman–Crippen MR) is 192 cm³/mol. The third-order valence-corrected chi connectivity index (χ3v) is 10.7. The molecule has 0 spiro atoms. The van der Waals surface area contributed by atoms with Crippen molar-refractivity contribution >= 4 is 71.0 Å². The molecule has 3 aromatic heterocycles. The summed E-state index contributed by atoms with van der Waals surface area (Å²) in [4.78, 5) is 32.9.